The molecular formula is C19H28N5O4+. The Morgan fingerprint density at radius 3 is 2.25 bits per heavy atom. The van der Waals surface area contributed by atoms with Gasteiger partial charge in [0.25, 0.3) is 17.7 Å². The second-order valence-electron chi connectivity index (χ2n) is 8.21. The molecule has 1 aliphatic rings. The summed E-state index contributed by atoms with van der Waals surface area (Å²) in [6, 6.07) is 8.10. The molecule has 1 aliphatic heterocycles. The van der Waals surface area contributed by atoms with E-state index in [2.05, 4.69) is 16.1 Å². The zero-order valence-electron chi connectivity index (χ0n) is 16.9. The minimum atomic E-state index is -1.25. The van der Waals surface area contributed by atoms with Gasteiger partial charge in [-0.15, -0.1) is 0 Å². The molecule has 28 heavy (non-hydrogen) atoms. The lowest BCUT2D eigenvalue weighted by molar-refractivity contribution is -0.862. The molecule has 1 saturated heterocycles. The van der Waals surface area contributed by atoms with Crippen molar-refractivity contribution in [3.63, 3.8) is 0 Å². The van der Waals surface area contributed by atoms with Crippen LogP contribution in [-0.2, 0) is 19.9 Å². The van der Waals surface area contributed by atoms with Gasteiger partial charge in [0.05, 0.1) is 7.05 Å². The summed E-state index contributed by atoms with van der Waals surface area (Å²) in [6.45, 7) is 7.21. The monoisotopic (exact) mass is 390 g/mol. The lowest BCUT2D eigenvalue weighted by atomic mass is 9.92. The third kappa shape index (κ3) is 5.07. The number of carbonyl (C=O) groups is 4. The van der Waals surface area contributed by atoms with E-state index in [4.69, 9.17) is 0 Å². The molecule has 1 heterocycles. The molecule has 0 radical (unpaired) electrons. The van der Waals surface area contributed by atoms with Crippen LogP contribution >= 0.6 is 0 Å². The van der Waals surface area contributed by atoms with Crippen molar-refractivity contribution in [2.45, 2.75) is 38.8 Å². The van der Waals surface area contributed by atoms with E-state index in [1.165, 1.54) is 0 Å². The first kappa shape index (κ1) is 21.4. The second-order valence-corrected chi connectivity index (χ2v) is 8.21. The van der Waals surface area contributed by atoms with Crippen molar-refractivity contribution in [3.05, 3.63) is 35.9 Å². The minimum Gasteiger partial charge on any atom is -0.347 e. The Bertz CT molecular complexity index is 774. The average molecular weight is 390 g/mol. The first-order valence-electron chi connectivity index (χ1n) is 9.06. The molecule has 9 heteroatoms. The summed E-state index contributed by atoms with van der Waals surface area (Å²) in [4.78, 5) is 49.8. The third-order valence-electron chi connectivity index (χ3n) is 4.22. The van der Waals surface area contributed by atoms with Gasteiger partial charge in [-0.05, 0) is 33.3 Å². The van der Waals surface area contributed by atoms with Crippen LogP contribution in [0.2, 0.25) is 0 Å². The molecule has 5 amide bonds. The lowest BCUT2D eigenvalue weighted by Gasteiger charge is -2.23. The molecule has 4 N–H and O–H groups in total. The number of amides is 5. The van der Waals surface area contributed by atoms with Crippen molar-refractivity contribution in [2.24, 2.45) is 0 Å². The molecule has 2 atom stereocenters. The molecule has 1 fully saturated rings. The van der Waals surface area contributed by atoms with E-state index >= 15 is 0 Å². The highest BCUT2D eigenvalue weighted by molar-refractivity contribution is 6.08. The summed E-state index contributed by atoms with van der Waals surface area (Å²) in [5, 5.41) is 6.13. The highest BCUT2D eigenvalue weighted by Crippen LogP contribution is 2.27. The molecule has 0 aliphatic carbocycles. The van der Waals surface area contributed by atoms with E-state index in [-0.39, 0.29) is 24.5 Å². The SMILES string of the molecule is C[NH+](CC(=O)NN1C(=O)N[C@@](C)(c2ccccc2)C1=O)CC(=O)NC(C)(C)C. The Morgan fingerprint density at radius 2 is 1.68 bits per heavy atom. The second kappa shape index (κ2) is 7.97. The third-order valence-corrected chi connectivity index (χ3v) is 4.22. The molecule has 2 rings (SSSR count). The molecule has 9 nitrogen and oxygen atoms in total. The van der Waals surface area contributed by atoms with Crippen molar-refractivity contribution < 1.29 is 24.1 Å². The van der Waals surface area contributed by atoms with Crippen LogP contribution in [0.3, 0.4) is 0 Å². The maximum Gasteiger partial charge on any atom is 0.344 e. The van der Waals surface area contributed by atoms with E-state index in [9.17, 15) is 19.2 Å². The minimum absolute atomic E-state index is 0.0727. The number of hydrogen-bond acceptors (Lipinski definition) is 4. The molecule has 0 aromatic heterocycles. The van der Waals surface area contributed by atoms with Gasteiger partial charge in [0.2, 0.25) is 0 Å². The number of imide groups is 1. The van der Waals surface area contributed by atoms with Crippen LogP contribution in [0.4, 0.5) is 4.79 Å². The number of nitrogens with one attached hydrogen (secondary N) is 4. The first-order valence-corrected chi connectivity index (χ1v) is 9.06. The predicted molar refractivity (Wildman–Crippen MR) is 102 cm³/mol. The van der Waals surface area contributed by atoms with Crippen LogP contribution in [0.1, 0.15) is 33.3 Å². The van der Waals surface area contributed by atoms with Crippen molar-refractivity contribution >= 4 is 23.8 Å². The highest BCUT2D eigenvalue weighted by atomic mass is 16.2. The Balaban J connectivity index is 1.96. The van der Waals surface area contributed by atoms with Gasteiger partial charge in [0.15, 0.2) is 13.1 Å². The van der Waals surface area contributed by atoms with Crippen LogP contribution in [0.15, 0.2) is 30.3 Å². The smallest absolute Gasteiger partial charge is 0.344 e. The summed E-state index contributed by atoms with van der Waals surface area (Å²) < 4.78 is 0. The van der Waals surface area contributed by atoms with E-state index < -0.39 is 23.4 Å². The van der Waals surface area contributed by atoms with Gasteiger partial charge >= 0.3 is 6.03 Å². The fraction of sp³-hybridized carbons (Fsp3) is 0.474. The number of likely N-dealkylation sites (N-methyl/N-ethyl adjacent to an activating group) is 1. The van der Waals surface area contributed by atoms with Crippen molar-refractivity contribution in [1.29, 1.82) is 0 Å². The maximum absolute atomic E-state index is 12.8. The zero-order valence-corrected chi connectivity index (χ0v) is 16.9. The summed E-state index contributed by atoms with van der Waals surface area (Å²) >= 11 is 0. The Kier molecular flexibility index (Phi) is 6.08. The van der Waals surface area contributed by atoms with Crippen LogP contribution in [0.25, 0.3) is 0 Å². The van der Waals surface area contributed by atoms with Gasteiger partial charge in [-0.1, -0.05) is 30.3 Å². The van der Waals surface area contributed by atoms with Crippen LogP contribution < -0.4 is 21.0 Å². The number of carbonyl (C=O) groups excluding carboxylic acids is 4. The van der Waals surface area contributed by atoms with Gasteiger partial charge < -0.3 is 15.5 Å². The van der Waals surface area contributed by atoms with Crippen LogP contribution in [0.5, 0.6) is 0 Å². The number of urea groups is 1. The number of benzene rings is 1. The number of hydrazine groups is 1. The number of hydrogen-bond donors (Lipinski definition) is 4. The number of nitrogens with zero attached hydrogens (tertiary/aromatic N) is 1. The van der Waals surface area contributed by atoms with E-state index in [1.807, 2.05) is 26.8 Å². The highest BCUT2D eigenvalue weighted by Gasteiger charge is 2.50. The quantitative estimate of drug-likeness (QED) is 0.463. The molecule has 0 bridgehead atoms. The first-order chi connectivity index (χ1) is 12.9. The molecule has 0 saturated carbocycles. The Morgan fingerprint density at radius 1 is 1.11 bits per heavy atom. The number of rotatable bonds is 6. The van der Waals surface area contributed by atoms with Gasteiger partial charge in [-0.2, -0.15) is 5.01 Å². The predicted octanol–water partition coefficient (Wildman–Crippen LogP) is -1.09. The fourth-order valence-electron chi connectivity index (χ4n) is 2.95. The number of quaternary nitrogens is 1. The van der Waals surface area contributed by atoms with Crippen molar-refractivity contribution in [2.75, 3.05) is 20.1 Å². The average Bonchev–Trinajstić information content (AvgIpc) is 2.78. The van der Waals surface area contributed by atoms with Crippen molar-refractivity contribution in [3.8, 4) is 0 Å². The molecule has 1 unspecified atom stereocenters. The van der Waals surface area contributed by atoms with Gasteiger partial charge in [-0.25, -0.2) is 4.79 Å². The molecular weight excluding hydrogens is 362 g/mol. The Labute approximate surface area is 164 Å². The standard InChI is InChI=1S/C19H27N5O4/c1-18(2,3)20-14(25)11-23(5)12-15(26)22-24-16(27)19(4,21-17(24)28)13-9-7-6-8-10-13/h6-10H,11-12H2,1-5H3,(H,20,25)(H,21,28)(H,22,26)/p+1/t19-/m0/s1. The summed E-state index contributed by atoms with van der Waals surface area (Å²) in [6.07, 6.45) is 0. The van der Waals surface area contributed by atoms with E-state index in [0.29, 0.717) is 15.5 Å². The fourth-order valence-corrected chi connectivity index (χ4v) is 2.95. The largest absolute Gasteiger partial charge is 0.347 e. The topological polar surface area (TPSA) is 112 Å². The maximum atomic E-state index is 12.8. The molecule has 152 valence electrons. The summed E-state index contributed by atoms with van der Waals surface area (Å²) in [7, 11) is 1.68. The molecule has 1 aromatic carbocycles. The van der Waals surface area contributed by atoms with Crippen molar-refractivity contribution in [1.82, 2.24) is 21.1 Å². The lowest BCUT2D eigenvalue weighted by Crippen LogP contribution is -3.11. The van der Waals surface area contributed by atoms with Gasteiger partial charge in [0.1, 0.15) is 5.54 Å². The van der Waals surface area contributed by atoms with E-state index in [0.717, 1.165) is 0 Å². The van der Waals surface area contributed by atoms with E-state index in [1.54, 1.807) is 38.2 Å². The normalized spacial score (nSPS) is 20.5. The van der Waals surface area contributed by atoms with Gasteiger partial charge in [0, 0.05) is 5.54 Å². The van der Waals surface area contributed by atoms with Crippen LogP contribution in [-0.4, -0.2) is 54.4 Å². The van der Waals surface area contributed by atoms with Crippen LogP contribution in [0, 0.1) is 0 Å². The van der Waals surface area contributed by atoms with Gasteiger partial charge in [-0.3, -0.25) is 19.8 Å². The molecule has 0 spiro atoms. The zero-order chi connectivity index (χ0) is 21.1. The Hall–Kier alpha value is -2.94. The molecule has 1 aromatic rings. The summed E-state index contributed by atoms with van der Waals surface area (Å²) in [5.41, 5.74) is 1.34. The summed E-state index contributed by atoms with van der Waals surface area (Å²) in [5.74, 6) is -1.30.